The summed E-state index contributed by atoms with van der Waals surface area (Å²) in [5.74, 6) is -0.445. The molecule has 10 heteroatoms. The molecule has 1 aromatic rings. The summed E-state index contributed by atoms with van der Waals surface area (Å²) in [6.07, 6.45) is 0.921. The van der Waals surface area contributed by atoms with Gasteiger partial charge in [0.15, 0.2) is 0 Å². The summed E-state index contributed by atoms with van der Waals surface area (Å²) in [5.41, 5.74) is 0. The molecule has 3 rings (SSSR count). The van der Waals surface area contributed by atoms with Gasteiger partial charge in [-0.2, -0.15) is 4.31 Å². The Morgan fingerprint density at radius 1 is 1.28 bits per heavy atom. The van der Waals surface area contributed by atoms with Crippen molar-refractivity contribution in [1.29, 1.82) is 0 Å². The summed E-state index contributed by atoms with van der Waals surface area (Å²) in [7, 11) is -3.56. The zero-order valence-corrected chi connectivity index (χ0v) is 16.2. The lowest BCUT2D eigenvalue weighted by atomic mass is 9.95. The zero-order valence-electron chi connectivity index (χ0n) is 13.8. The summed E-state index contributed by atoms with van der Waals surface area (Å²) in [6, 6.07) is 2.60. The van der Waals surface area contributed by atoms with Gasteiger partial charge in [0.05, 0.1) is 4.34 Å². The van der Waals surface area contributed by atoms with Gasteiger partial charge in [-0.15, -0.1) is 11.3 Å². The number of hydrogen-bond donors (Lipinski definition) is 1. The maximum absolute atomic E-state index is 12.7. The average Bonchev–Trinajstić information content (AvgIpc) is 3.04. The fraction of sp³-hybridized carbons (Fsp3) is 0.600. The van der Waals surface area contributed by atoms with Crippen molar-refractivity contribution in [2.75, 3.05) is 26.2 Å². The molecular formula is C15H20ClN3O4S2. The van der Waals surface area contributed by atoms with E-state index in [2.05, 4.69) is 5.32 Å². The van der Waals surface area contributed by atoms with E-state index in [-0.39, 0.29) is 21.9 Å². The van der Waals surface area contributed by atoms with Crippen molar-refractivity contribution in [2.45, 2.75) is 30.0 Å². The predicted octanol–water partition coefficient (Wildman–Crippen LogP) is 1.15. The largest absolute Gasteiger partial charge is 0.353 e. The lowest BCUT2D eigenvalue weighted by Gasteiger charge is -2.37. The van der Waals surface area contributed by atoms with Crippen LogP contribution in [0.1, 0.15) is 19.8 Å². The number of hydrogen-bond acceptors (Lipinski definition) is 5. The molecule has 25 heavy (non-hydrogen) atoms. The van der Waals surface area contributed by atoms with Gasteiger partial charge in [0.2, 0.25) is 11.8 Å². The lowest BCUT2D eigenvalue weighted by molar-refractivity contribution is -0.146. The van der Waals surface area contributed by atoms with Crippen LogP contribution < -0.4 is 5.32 Å². The minimum Gasteiger partial charge on any atom is -0.353 e. The van der Waals surface area contributed by atoms with E-state index in [1.165, 1.54) is 10.4 Å². The smallest absolute Gasteiger partial charge is 0.252 e. The fourth-order valence-electron chi connectivity index (χ4n) is 3.22. The number of nitrogens with zero attached hydrogens (tertiary/aromatic N) is 2. The first-order valence-electron chi connectivity index (χ1n) is 8.14. The quantitative estimate of drug-likeness (QED) is 0.817. The third-order valence-corrected chi connectivity index (χ3v) is 8.33. The number of amides is 2. The van der Waals surface area contributed by atoms with Gasteiger partial charge in [-0.1, -0.05) is 11.6 Å². The number of piperazine rings is 1. The van der Waals surface area contributed by atoms with Crippen LogP contribution in [0.3, 0.4) is 0 Å². The van der Waals surface area contributed by atoms with E-state index in [0.29, 0.717) is 43.4 Å². The molecule has 2 aliphatic heterocycles. The predicted molar refractivity (Wildman–Crippen MR) is 95.0 cm³/mol. The Morgan fingerprint density at radius 2 is 1.96 bits per heavy atom. The Morgan fingerprint density at radius 3 is 2.56 bits per heavy atom. The Bertz CT molecular complexity index is 771. The highest BCUT2D eigenvalue weighted by atomic mass is 35.5. The highest BCUT2D eigenvalue weighted by Gasteiger charge is 2.37. The number of halogens is 1. The van der Waals surface area contributed by atoms with E-state index in [1.807, 2.05) is 0 Å². The van der Waals surface area contributed by atoms with E-state index in [1.54, 1.807) is 17.9 Å². The van der Waals surface area contributed by atoms with Crippen LogP contribution in [0.4, 0.5) is 0 Å². The van der Waals surface area contributed by atoms with Crippen LogP contribution >= 0.6 is 22.9 Å². The van der Waals surface area contributed by atoms with Gasteiger partial charge >= 0.3 is 0 Å². The minimum atomic E-state index is -3.56. The topological polar surface area (TPSA) is 86.8 Å². The Labute approximate surface area is 156 Å². The maximum atomic E-state index is 12.7. The van der Waals surface area contributed by atoms with Gasteiger partial charge in [-0.25, -0.2) is 8.42 Å². The summed E-state index contributed by atoms with van der Waals surface area (Å²) in [4.78, 5) is 26.0. The molecule has 0 bridgehead atoms. The zero-order chi connectivity index (χ0) is 18.2. The summed E-state index contributed by atoms with van der Waals surface area (Å²) in [6.45, 7) is 3.26. The fourth-order valence-corrected chi connectivity index (χ4v) is 6.33. The van der Waals surface area contributed by atoms with E-state index in [9.17, 15) is 18.0 Å². The maximum Gasteiger partial charge on any atom is 0.252 e. The number of thiophene rings is 1. The molecule has 1 N–H and O–H groups in total. The van der Waals surface area contributed by atoms with Crippen molar-refractivity contribution in [3.8, 4) is 0 Å². The number of nitrogens with one attached hydrogen (secondary N) is 1. The van der Waals surface area contributed by atoms with Crippen LogP contribution in [0.25, 0.3) is 0 Å². The van der Waals surface area contributed by atoms with Crippen molar-refractivity contribution in [1.82, 2.24) is 14.5 Å². The second-order valence-corrected chi connectivity index (χ2v) is 10.1. The molecule has 7 nitrogen and oxygen atoms in total. The molecule has 3 heterocycles. The van der Waals surface area contributed by atoms with Gasteiger partial charge in [0.25, 0.3) is 10.0 Å². The van der Waals surface area contributed by atoms with Gasteiger partial charge < -0.3 is 10.2 Å². The Balaban J connectivity index is 1.63. The van der Waals surface area contributed by atoms with E-state index in [4.69, 9.17) is 11.6 Å². The standard InChI is InChI=1S/C15H20ClN3O4S2/c1-10-14(20)17-6-9-19(10)15(21)11-4-7-18(8-5-11)25(22,23)13-3-2-12(16)24-13/h2-3,10-11H,4-9H2,1H3,(H,17,20). The minimum absolute atomic E-state index is 0.0569. The molecule has 1 unspecified atom stereocenters. The van der Waals surface area contributed by atoms with Crippen LogP contribution in [0.2, 0.25) is 4.34 Å². The summed E-state index contributed by atoms with van der Waals surface area (Å²) >= 11 is 6.87. The molecule has 0 radical (unpaired) electrons. The normalized spacial score (nSPS) is 23.5. The van der Waals surface area contributed by atoms with E-state index in [0.717, 1.165) is 11.3 Å². The van der Waals surface area contributed by atoms with Gasteiger partial charge in [0, 0.05) is 32.1 Å². The number of sulfonamides is 1. The molecule has 2 fully saturated rings. The van der Waals surface area contributed by atoms with Crippen LogP contribution in [-0.2, 0) is 19.6 Å². The van der Waals surface area contributed by atoms with Crippen LogP contribution in [-0.4, -0.2) is 61.7 Å². The number of piperidine rings is 1. The first-order valence-corrected chi connectivity index (χ1v) is 10.8. The van der Waals surface area contributed by atoms with Crippen molar-refractivity contribution >= 4 is 44.8 Å². The van der Waals surface area contributed by atoms with Crippen molar-refractivity contribution in [2.24, 2.45) is 5.92 Å². The van der Waals surface area contributed by atoms with Crippen molar-refractivity contribution in [3.63, 3.8) is 0 Å². The molecule has 0 aliphatic carbocycles. The first kappa shape index (κ1) is 18.6. The van der Waals surface area contributed by atoms with E-state index < -0.39 is 16.1 Å². The van der Waals surface area contributed by atoms with E-state index >= 15 is 0 Å². The number of rotatable bonds is 3. The second-order valence-electron chi connectivity index (χ2n) is 6.24. The highest BCUT2D eigenvalue weighted by molar-refractivity contribution is 7.91. The second kappa shape index (κ2) is 7.22. The summed E-state index contributed by atoms with van der Waals surface area (Å²) in [5, 5.41) is 2.74. The van der Waals surface area contributed by atoms with Crippen LogP contribution in [0.15, 0.2) is 16.3 Å². The SMILES string of the molecule is CC1C(=O)NCCN1C(=O)C1CCN(S(=O)(=O)c2ccc(Cl)s2)CC1. The summed E-state index contributed by atoms with van der Waals surface area (Å²) < 4.78 is 27.3. The third-order valence-electron chi connectivity index (χ3n) is 4.73. The highest BCUT2D eigenvalue weighted by Crippen LogP contribution is 2.31. The monoisotopic (exact) mass is 405 g/mol. The molecular weight excluding hydrogens is 386 g/mol. The van der Waals surface area contributed by atoms with Gasteiger partial charge in [-0.05, 0) is 31.9 Å². The Kier molecular flexibility index (Phi) is 5.38. The first-order chi connectivity index (χ1) is 11.8. The molecule has 1 atom stereocenters. The molecule has 2 amide bonds. The number of carbonyl (C=O) groups is 2. The molecule has 0 spiro atoms. The van der Waals surface area contributed by atoms with Crippen molar-refractivity contribution < 1.29 is 18.0 Å². The van der Waals surface area contributed by atoms with Gasteiger partial charge in [-0.3, -0.25) is 9.59 Å². The van der Waals surface area contributed by atoms with Gasteiger partial charge in [0.1, 0.15) is 10.3 Å². The average molecular weight is 406 g/mol. The molecule has 138 valence electrons. The van der Waals surface area contributed by atoms with Crippen LogP contribution in [0, 0.1) is 5.92 Å². The molecule has 1 aromatic heterocycles. The Hall–Kier alpha value is -1.16. The third kappa shape index (κ3) is 3.69. The van der Waals surface area contributed by atoms with Crippen LogP contribution in [0.5, 0.6) is 0 Å². The molecule has 2 aliphatic rings. The molecule has 2 saturated heterocycles. The molecule has 0 aromatic carbocycles. The molecule has 0 saturated carbocycles. The van der Waals surface area contributed by atoms with Crippen molar-refractivity contribution in [3.05, 3.63) is 16.5 Å². The number of carbonyl (C=O) groups excluding carboxylic acids is 2. The lowest BCUT2D eigenvalue weighted by Crippen LogP contribution is -2.57.